The average Bonchev–Trinajstić information content (AvgIpc) is 2.28. The number of halogens is 1. The number of nitrogens with zero attached hydrogens (tertiary/aromatic N) is 1. The molecule has 1 aromatic carbocycles. The summed E-state index contributed by atoms with van der Waals surface area (Å²) < 4.78 is 25.2. The lowest BCUT2D eigenvalue weighted by molar-refractivity contribution is 0.0888. The zero-order valence-electron chi connectivity index (χ0n) is 9.36. The average molecular weight is 241 g/mol. The molecule has 0 aliphatic carbocycles. The third kappa shape index (κ3) is 2.68. The molecule has 1 fully saturated rings. The summed E-state index contributed by atoms with van der Waals surface area (Å²) in [6.45, 7) is 2.26. The first-order valence-electron chi connectivity index (χ1n) is 5.41. The smallest absolute Gasteiger partial charge is 0.366 e. The van der Waals surface area contributed by atoms with Crippen molar-refractivity contribution >= 4 is 14.1 Å². The van der Waals surface area contributed by atoms with Crippen molar-refractivity contribution in [2.24, 2.45) is 0 Å². The van der Waals surface area contributed by atoms with Crippen molar-refractivity contribution < 1.29 is 13.0 Å². The Hall–Kier alpha value is -0.753. The molecule has 1 aliphatic heterocycles. The van der Waals surface area contributed by atoms with Crippen LogP contribution >= 0.6 is 0 Å². The van der Waals surface area contributed by atoms with Gasteiger partial charge in [-0.15, -0.1) is 0 Å². The number of rotatable bonds is 1. The van der Waals surface area contributed by atoms with Crippen molar-refractivity contribution in [1.29, 1.82) is 0 Å². The normalized spacial score (nSPS) is 22.4. The second-order valence-corrected chi connectivity index (χ2v) is 6.13. The number of benzene rings is 1. The summed E-state index contributed by atoms with van der Waals surface area (Å²) in [7, 11) is -1.68. The minimum atomic E-state index is -3.65. The first kappa shape index (κ1) is 11.7. The highest BCUT2D eigenvalue weighted by atomic mass is 28.4. The Balaban J connectivity index is 2.11. The Kier molecular flexibility index (Phi) is 3.70. The molecular weight excluding hydrogens is 225 g/mol. The molecule has 16 heavy (non-hydrogen) atoms. The minimum absolute atomic E-state index is 0.383. The molecule has 1 heterocycles. The highest BCUT2D eigenvalue weighted by molar-refractivity contribution is 6.74. The van der Waals surface area contributed by atoms with Gasteiger partial charge >= 0.3 is 8.89 Å². The molecule has 0 spiro atoms. The van der Waals surface area contributed by atoms with Crippen LogP contribution in [0.5, 0.6) is 0 Å². The highest BCUT2D eigenvalue weighted by Gasteiger charge is 2.43. The van der Waals surface area contributed by atoms with Gasteiger partial charge in [0.25, 0.3) is 0 Å². The predicted octanol–water partition coefficient (Wildman–Crippen LogP) is 0.781. The zero-order valence-corrected chi connectivity index (χ0v) is 10.4. The van der Waals surface area contributed by atoms with Crippen LogP contribution in [0.4, 0.5) is 4.11 Å². The fourth-order valence-corrected chi connectivity index (χ4v) is 3.34. The van der Waals surface area contributed by atoms with Crippen LogP contribution < -0.4 is 5.19 Å². The van der Waals surface area contributed by atoms with E-state index in [4.69, 9.17) is 8.85 Å². The summed E-state index contributed by atoms with van der Waals surface area (Å²) in [5, 5.41) is 0.555. The quantitative estimate of drug-likeness (QED) is 0.536. The van der Waals surface area contributed by atoms with E-state index in [0.29, 0.717) is 18.4 Å². The van der Waals surface area contributed by atoms with E-state index in [1.54, 1.807) is 24.3 Å². The minimum Gasteiger partial charge on any atom is -0.366 e. The van der Waals surface area contributed by atoms with E-state index in [-0.39, 0.29) is 0 Å². The Labute approximate surface area is 96.2 Å². The summed E-state index contributed by atoms with van der Waals surface area (Å²) in [5.74, 6) is 0. The molecule has 3 nitrogen and oxygen atoms in total. The molecule has 88 valence electrons. The molecule has 0 saturated carbocycles. The second-order valence-electron chi connectivity index (χ2n) is 3.90. The van der Waals surface area contributed by atoms with Crippen LogP contribution in [0.2, 0.25) is 0 Å². The van der Waals surface area contributed by atoms with E-state index in [2.05, 4.69) is 4.90 Å². The van der Waals surface area contributed by atoms with Crippen molar-refractivity contribution in [3.8, 4) is 0 Å². The van der Waals surface area contributed by atoms with E-state index in [0.717, 1.165) is 13.1 Å². The highest BCUT2D eigenvalue weighted by Crippen LogP contribution is 2.12. The van der Waals surface area contributed by atoms with E-state index in [1.807, 2.05) is 13.1 Å². The lowest BCUT2D eigenvalue weighted by Crippen LogP contribution is -2.53. The van der Waals surface area contributed by atoms with Crippen molar-refractivity contribution in [1.82, 2.24) is 4.90 Å². The maximum Gasteiger partial charge on any atom is 0.575 e. The molecular formula is C11H16FNO2Si. The molecule has 0 radical (unpaired) electrons. The predicted molar refractivity (Wildman–Crippen MR) is 62.3 cm³/mol. The largest absolute Gasteiger partial charge is 0.575 e. The van der Waals surface area contributed by atoms with Crippen molar-refractivity contribution in [3.63, 3.8) is 0 Å². The molecule has 2 rings (SSSR count). The van der Waals surface area contributed by atoms with Gasteiger partial charge in [-0.3, -0.25) is 0 Å². The van der Waals surface area contributed by atoms with E-state index in [1.165, 1.54) is 0 Å². The van der Waals surface area contributed by atoms with Crippen LogP contribution in [0.1, 0.15) is 0 Å². The van der Waals surface area contributed by atoms with Gasteiger partial charge in [0, 0.05) is 18.3 Å². The van der Waals surface area contributed by atoms with Gasteiger partial charge in [-0.25, -0.2) is 4.11 Å². The van der Waals surface area contributed by atoms with Crippen LogP contribution in [-0.4, -0.2) is 47.1 Å². The SMILES string of the molecule is CN1CCO[Si](F)(c2ccccc2)OCC1. The second kappa shape index (κ2) is 5.05. The molecule has 0 amide bonds. The van der Waals surface area contributed by atoms with Crippen LogP contribution in [0.3, 0.4) is 0 Å². The Bertz CT molecular complexity index is 326. The van der Waals surface area contributed by atoms with Crippen molar-refractivity contribution in [2.75, 3.05) is 33.4 Å². The summed E-state index contributed by atoms with van der Waals surface area (Å²) in [4.78, 5) is 2.07. The molecule has 1 aromatic rings. The van der Waals surface area contributed by atoms with Gasteiger partial charge in [-0.05, 0) is 7.05 Å². The van der Waals surface area contributed by atoms with Gasteiger partial charge in [0.2, 0.25) is 0 Å². The molecule has 5 heteroatoms. The summed E-state index contributed by atoms with van der Waals surface area (Å²) in [6, 6.07) is 8.94. The third-order valence-corrected chi connectivity index (χ3v) is 4.81. The zero-order chi connectivity index (χ0) is 11.4. The first-order valence-corrected chi connectivity index (χ1v) is 7.11. The Morgan fingerprint density at radius 1 is 1.12 bits per heavy atom. The molecule has 0 aromatic heterocycles. The van der Waals surface area contributed by atoms with Crippen molar-refractivity contribution in [3.05, 3.63) is 30.3 Å². The molecule has 0 bridgehead atoms. The van der Waals surface area contributed by atoms with Crippen LogP contribution in [0, 0.1) is 0 Å². The Morgan fingerprint density at radius 2 is 1.69 bits per heavy atom. The van der Waals surface area contributed by atoms with E-state index in [9.17, 15) is 4.11 Å². The van der Waals surface area contributed by atoms with Gasteiger partial charge < -0.3 is 13.8 Å². The maximum atomic E-state index is 14.5. The standard InChI is InChI=1S/C11H16FNO2Si/c1-13-7-9-14-16(12,15-10-8-13)11-5-3-2-4-6-11/h2-6H,7-10H2,1H3. The van der Waals surface area contributed by atoms with Crippen LogP contribution in [0.15, 0.2) is 30.3 Å². The van der Waals surface area contributed by atoms with Gasteiger partial charge in [0.1, 0.15) is 0 Å². The topological polar surface area (TPSA) is 21.7 Å². The fraction of sp³-hybridized carbons (Fsp3) is 0.455. The number of hydrogen-bond donors (Lipinski definition) is 0. The van der Waals surface area contributed by atoms with Crippen LogP contribution in [0.25, 0.3) is 0 Å². The Morgan fingerprint density at radius 3 is 2.25 bits per heavy atom. The summed E-state index contributed by atoms with van der Waals surface area (Å²) in [5.41, 5.74) is 0. The first-order chi connectivity index (χ1) is 7.71. The number of likely N-dealkylation sites (N-methyl/N-ethyl adjacent to an activating group) is 1. The molecule has 1 saturated heterocycles. The summed E-state index contributed by atoms with van der Waals surface area (Å²) >= 11 is 0. The van der Waals surface area contributed by atoms with Gasteiger partial charge in [-0.2, -0.15) is 0 Å². The maximum absolute atomic E-state index is 14.5. The molecule has 0 unspecified atom stereocenters. The molecule has 1 aliphatic rings. The van der Waals surface area contributed by atoms with Crippen LogP contribution in [-0.2, 0) is 8.85 Å². The lowest BCUT2D eigenvalue weighted by atomic mass is 10.4. The third-order valence-electron chi connectivity index (χ3n) is 2.64. The number of hydrogen-bond acceptors (Lipinski definition) is 3. The van der Waals surface area contributed by atoms with Crippen molar-refractivity contribution in [2.45, 2.75) is 0 Å². The van der Waals surface area contributed by atoms with E-state index >= 15 is 0 Å². The molecule has 0 atom stereocenters. The lowest BCUT2D eigenvalue weighted by Gasteiger charge is -2.28. The van der Waals surface area contributed by atoms with Gasteiger partial charge in [0.15, 0.2) is 0 Å². The van der Waals surface area contributed by atoms with Gasteiger partial charge in [-0.1, -0.05) is 30.3 Å². The van der Waals surface area contributed by atoms with E-state index < -0.39 is 8.89 Å². The van der Waals surface area contributed by atoms with Gasteiger partial charge in [0.05, 0.1) is 13.2 Å². The monoisotopic (exact) mass is 241 g/mol. The molecule has 0 N–H and O–H groups in total. The summed E-state index contributed by atoms with van der Waals surface area (Å²) in [6.07, 6.45) is 0. The fourth-order valence-electron chi connectivity index (χ4n) is 1.62.